The number of rotatable bonds is 5. The summed E-state index contributed by atoms with van der Waals surface area (Å²) in [5.74, 6) is 0. The second kappa shape index (κ2) is 6.72. The second-order valence-electron chi connectivity index (χ2n) is 6.22. The van der Waals surface area contributed by atoms with E-state index in [1.807, 2.05) is 0 Å². The average Bonchev–Trinajstić information content (AvgIpc) is 2.27. The molecule has 3 unspecified atom stereocenters. The summed E-state index contributed by atoms with van der Waals surface area (Å²) in [6.07, 6.45) is 4.54. The van der Waals surface area contributed by atoms with Crippen LogP contribution >= 0.6 is 0 Å². The van der Waals surface area contributed by atoms with Gasteiger partial charge in [0.2, 0.25) is 0 Å². The van der Waals surface area contributed by atoms with Crippen molar-refractivity contribution in [3.8, 4) is 0 Å². The van der Waals surface area contributed by atoms with Crippen LogP contribution in [0.1, 0.15) is 53.4 Å². The van der Waals surface area contributed by atoms with E-state index in [2.05, 4.69) is 33.0 Å². The number of hydrogen-bond acceptors (Lipinski definition) is 3. The van der Waals surface area contributed by atoms with E-state index < -0.39 is 0 Å². The summed E-state index contributed by atoms with van der Waals surface area (Å²) >= 11 is 0. The van der Waals surface area contributed by atoms with Gasteiger partial charge in [0.1, 0.15) is 0 Å². The lowest BCUT2D eigenvalue weighted by Crippen LogP contribution is -2.49. The number of hydrogen-bond donors (Lipinski definition) is 2. The van der Waals surface area contributed by atoms with Crippen LogP contribution in [-0.4, -0.2) is 36.5 Å². The van der Waals surface area contributed by atoms with Crippen LogP contribution < -0.4 is 5.32 Å². The molecule has 0 spiro atoms. The van der Waals surface area contributed by atoms with Crippen LogP contribution in [0.5, 0.6) is 0 Å². The first-order chi connectivity index (χ1) is 7.97. The van der Waals surface area contributed by atoms with E-state index in [-0.39, 0.29) is 12.0 Å². The van der Waals surface area contributed by atoms with Crippen molar-refractivity contribution in [2.75, 3.05) is 13.2 Å². The minimum Gasteiger partial charge on any atom is -0.396 e. The first-order valence-corrected chi connectivity index (χ1v) is 6.95. The van der Waals surface area contributed by atoms with E-state index in [0.29, 0.717) is 18.2 Å². The molecule has 1 aliphatic heterocycles. The summed E-state index contributed by atoms with van der Waals surface area (Å²) in [4.78, 5) is 0. The molecule has 0 aromatic heterocycles. The molecule has 1 rings (SSSR count). The number of ether oxygens (including phenoxy) is 1. The molecule has 1 aliphatic rings. The Kier molecular flexibility index (Phi) is 5.90. The van der Waals surface area contributed by atoms with Gasteiger partial charge in [0.15, 0.2) is 0 Å². The van der Waals surface area contributed by atoms with E-state index in [4.69, 9.17) is 9.84 Å². The summed E-state index contributed by atoms with van der Waals surface area (Å²) in [7, 11) is 0. The van der Waals surface area contributed by atoms with E-state index >= 15 is 0 Å². The van der Waals surface area contributed by atoms with Crippen molar-refractivity contribution >= 4 is 0 Å². The first-order valence-electron chi connectivity index (χ1n) is 6.95. The molecule has 1 heterocycles. The Labute approximate surface area is 106 Å². The lowest BCUT2D eigenvalue weighted by molar-refractivity contribution is -0.00562. The molecule has 0 aromatic rings. The van der Waals surface area contributed by atoms with Crippen LogP contribution in [0.3, 0.4) is 0 Å². The maximum Gasteiger partial charge on any atom is 0.0587 e. The third-order valence-corrected chi connectivity index (χ3v) is 3.72. The molecule has 1 fully saturated rings. The topological polar surface area (TPSA) is 41.5 Å². The maximum atomic E-state index is 9.16. The van der Waals surface area contributed by atoms with Gasteiger partial charge < -0.3 is 15.2 Å². The molecule has 3 atom stereocenters. The molecule has 3 nitrogen and oxygen atoms in total. The molecule has 0 radical (unpaired) electrons. The molecular formula is C14H29NO2. The highest BCUT2D eigenvalue weighted by atomic mass is 16.5. The van der Waals surface area contributed by atoms with Crippen molar-refractivity contribution in [1.82, 2.24) is 5.32 Å². The Hall–Kier alpha value is -0.120. The zero-order valence-corrected chi connectivity index (χ0v) is 11.8. The number of aliphatic hydroxyl groups is 1. The van der Waals surface area contributed by atoms with Gasteiger partial charge in [-0.1, -0.05) is 27.7 Å². The third kappa shape index (κ3) is 4.94. The van der Waals surface area contributed by atoms with Crippen molar-refractivity contribution in [2.45, 2.75) is 71.6 Å². The SMILES string of the molecule is CCC1CC(NC(CCO)C(C)(C)C)CCO1. The van der Waals surface area contributed by atoms with Gasteiger partial charge in [-0.05, 0) is 31.1 Å². The third-order valence-electron chi connectivity index (χ3n) is 3.72. The van der Waals surface area contributed by atoms with Gasteiger partial charge in [0.25, 0.3) is 0 Å². The van der Waals surface area contributed by atoms with Gasteiger partial charge in [0, 0.05) is 25.3 Å². The van der Waals surface area contributed by atoms with Gasteiger partial charge in [0.05, 0.1) is 6.10 Å². The van der Waals surface area contributed by atoms with Crippen molar-refractivity contribution in [2.24, 2.45) is 5.41 Å². The molecule has 3 heteroatoms. The highest BCUT2D eigenvalue weighted by molar-refractivity contribution is 4.86. The fourth-order valence-electron chi connectivity index (χ4n) is 2.50. The van der Waals surface area contributed by atoms with Crippen LogP contribution in [0, 0.1) is 5.41 Å². The normalized spacial score (nSPS) is 28.1. The molecule has 17 heavy (non-hydrogen) atoms. The zero-order chi connectivity index (χ0) is 12.9. The van der Waals surface area contributed by atoms with Gasteiger partial charge in [-0.25, -0.2) is 0 Å². The second-order valence-corrected chi connectivity index (χ2v) is 6.22. The van der Waals surface area contributed by atoms with E-state index in [1.165, 1.54) is 0 Å². The first kappa shape index (κ1) is 14.9. The fraction of sp³-hybridized carbons (Fsp3) is 1.00. The smallest absolute Gasteiger partial charge is 0.0587 e. The van der Waals surface area contributed by atoms with Crippen LogP contribution in [0.15, 0.2) is 0 Å². The quantitative estimate of drug-likeness (QED) is 0.778. The minimum atomic E-state index is 0.197. The zero-order valence-electron chi connectivity index (χ0n) is 11.8. The van der Waals surface area contributed by atoms with Crippen molar-refractivity contribution < 1.29 is 9.84 Å². The number of nitrogens with one attached hydrogen (secondary N) is 1. The summed E-state index contributed by atoms with van der Waals surface area (Å²) in [6, 6.07) is 0.928. The molecule has 0 aromatic carbocycles. The van der Waals surface area contributed by atoms with E-state index in [1.54, 1.807) is 0 Å². The lowest BCUT2D eigenvalue weighted by atomic mass is 9.83. The standard InChI is InChI=1S/C14H29NO2/c1-5-12-10-11(7-9-17-12)15-13(6-8-16)14(2,3)4/h11-13,15-16H,5-10H2,1-4H3. The van der Waals surface area contributed by atoms with E-state index in [9.17, 15) is 0 Å². The maximum absolute atomic E-state index is 9.16. The molecule has 0 amide bonds. The summed E-state index contributed by atoms with van der Waals surface area (Å²) < 4.78 is 5.70. The van der Waals surface area contributed by atoms with Crippen molar-refractivity contribution in [3.63, 3.8) is 0 Å². The van der Waals surface area contributed by atoms with Gasteiger partial charge in [-0.15, -0.1) is 0 Å². The Morgan fingerprint density at radius 1 is 1.41 bits per heavy atom. The van der Waals surface area contributed by atoms with Gasteiger partial charge in [-0.2, -0.15) is 0 Å². The van der Waals surface area contributed by atoms with Crippen molar-refractivity contribution in [1.29, 1.82) is 0 Å². The molecule has 0 bridgehead atoms. The molecular weight excluding hydrogens is 214 g/mol. The highest BCUT2D eigenvalue weighted by Crippen LogP contribution is 2.25. The number of aliphatic hydroxyl groups excluding tert-OH is 1. The Balaban J connectivity index is 2.48. The minimum absolute atomic E-state index is 0.197. The van der Waals surface area contributed by atoms with Crippen LogP contribution in [-0.2, 0) is 4.74 Å². The van der Waals surface area contributed by atoms with Crippen LogP contribution in [0.2, 0.25) is 0 Å². The highest BCUT2D eigenvalue weighted by Gasteiger charge is 2.29. The monoisotopic (exact) mass is 243 g/mol. The summed E-state index contributed by atoms with van der Waals surface area (Å²) in [5, 5.41) is 12.9. The molecule has 0 aliphatic carbocycles. The predicted molar refractivity (Wildman–Crippen MR) is 71.1 cm³/mol. The Morgan fingerprint density at radius 2 is 2.12 bits per heavy atom. The summed E-state index contributed by atoms with van der Waals surface area (Å²) in [6.45, 7) is 10.0. The molecule has 102 valence electrons. The van der Waals surface area contributed by atoms with Gasteiger partial charge >= 0.3 is 0 Å². The Bertz CT molecular complexity index is 213. The molecule has 2 N–H and O–H groups in total. The van der Waals surface area contributed by atoms with Crippen LogP contribution in [0.4, 0.5) is 0 Å². The Morgan fingerprint density at radius 3 is 2.65 bits per heavy atom. The average molecular weight is 243 g/mol. The molecule has 1 saturated heterocycles. The van der Waals surface area contributed by atoms with Crippen molar-refractivity contribution in [3.05, 3.63) is 0 Å². The predicted octanol–water partition coefficient (Wildman–Crippen LogP) is 2.33. The van der Waals surface area contributed by atoms with Gasteiger partial charge in [-0.3, -0.25) is 0 Å². The summed E-state index contributed by atoms with van der Waals surface area (Å²) in [5.41, 5.74) is 0.197. The van der Waals surface area contributed by atoms with E-state index in [0.717, 1.165) is 32.3 Å². The van der Waals surface area contributed by atoms with Crippen LogP contribution in [0.25, 0.3) is 0 Å². The fourth-order valence-corrected chi connectivity index (χ4v) is 2.50. The largest absolute Gasteiger partial charge is 0.396 e. The lowest BCUT2D eigenvalue weighted by Gasteiger charge is -2.38. The molecule has 0 saturated carbocycles.